The van der Waals surface area contributed by atoms with E-state index in [-0.39, 0.29) is 16.6 Å². The Kier molecular flexibility index (Phi) is 4.00. The number of aliphatic hydroxyl groups excluding tert-OH is 1. The number of fused-ring (bicyclic) bond motifs is 1. The van der Waals surface area contributed by atoms with Crippen LogP contribution >= 0.6 is 0 Å². The van der Waals surface area contributed by atoms with E-state index in [0.717, 1.165) is 5.22 Å². The molecule has 0 amide bonds. The maximum absolute atomic E-state index is 12.1. The summed E-state index contributed by atoms with van der Waals surface area (Å²) in [5.74, 6) is -0.689. The van der Waals surface area contributed by atoms with Gasteiger partial charge in [-0.15, -0.1) is 0 Å². The second-order valence-electron chi connectivity index (χ2n) is 4.49. The maximum atomic E-state index is 12.1. The van der Waals surface area contributed by atoms with Crippen molar-refractivity contribution in [1.29, 1.82) is 0 Å². The van der Waals surface area contributed by atoms with E-state index in [1.807, 2.05) is 6.07 Å². The average Bonchev–Trinajstić information content (AvgIpc) is 2.35. The van der Waals surface area contributed by atoms with Gasteiger partial charge in [-0.2, -0.15) is 0 Å². The minimum atomic E-state index is -3.47. The van der Waals surface area contributed by atoms with E-state index in [1.54, 1.807) is 25.1 Å². The van der Waals surface area contributed by atoms with Crippen molar-refractivity contribution in [3.8, 4) is 0 Å². The molecule has 1 aromatic carbocycles. The molecule has 2 rings (SSSR count). The van der Waals surface area contributed by atoms with Gasteiger partial charge in [0.2, 0.25) is 0 Å². The van der Waals surface area contributed by atoms with E-state index in [9.17, 15) is 13.6 Å². The Labute approximate surface area is 111 Å². The quantitative estimate of drug-likeness (QED) is 0.601. The van der Waals surface area contributed by atoms with Crippen molar-refractivity contribution in [3.05, 3.63) is 40.0 Å². The van der Waals surface area contributed by atoms with Crippen LogP contribution in [0.4, 0.5) is 0 Å². The number of aliphatic hydroxyl groups is 1. The van der Waals surface area contributed by atoms with Gasteiger partial charge in [-0.3, -0.25) is 0 Å². The lowest BCUT2D eigenvalue weighted by atomic mass is 10.2. The summed E-state index contributed by atoms with van der Waals surface area (Å²) in [6, 6.07) is 7.17. The van der Waals surface area contributed by atoms with Crippen LogP contribution in [0.5, 0.6) is 0 Å². The van der Waals surface area contributed by atoms with Gasteiger partial charge in [0, 0.05) is 6.92 Å². The molecule has 7 heteroatoms. The van der Waals surface area contributed by atoms with Crippen LogP contribution < -0.4 is 15.6 Å². The number of rotatable bonds is 4. The van der Waals surface area contributed by atoms with Crippen LogP contribution in [-0.4, -0.2) is 37.8 Å². The zero-order chi connectivity index (χ0) is 14.0. The number of benzene rings is 1. The Morgan fingerprint density at radius 3 is 2.79 bits per heavy atom. The average molecular weight is 284 g/mol. The van der Waals surface area contributed by atoms with E-state index in [4.69, 9.17) is 5.11 Å². The lowest BCUT2D eigenvalue weighted by Gasteiger charge is -2.30. The molecule has 1 heterocycles. The third-order valence-electron chi connectivity index (χ3n) is 3.09. The monoisotopic (exact) mass is 284 g/mol. The van der Waals surface area contributed by atoms with E-state index in [2.05, 4.69) is 4.99 Å². The molecule has 0 fully saturated rings. The summed E-state index contributed by atoms with van der Waals surface area (Å²) in [6.45, 7) is 1.24. The molecule has 0 aliphatic carbocycles. The highest BCUT2D eigenvalue weighted by Crippen LogP contribution is 1.97. The number of nitrogens with one attached hydrogen (secondary N) is 1. The van der Waals surface area contributed by atoms with Gasteiger partial charge in [-0.1, -0.05) is 12.1 Å². The second-order valence-corrected chi connectivity index (χ2v) is 6.72. The topological polar surface area (TPSA) is 94.2 Å². The third-order valence-corrected chi connectivity index (χ3v) is 4.72. The Morgan fingerprint density at radius 2 is 2.11 bits per heavy atom. The van der Waals surface area contributed by atoms with Crippen LogP contribution in [0.1, 0.15) is 6.92 Å². The molecule has 1 aliphatic rings. The predicted molar refractivity (Wildman–Crippen MR) is 70.2 cm³/mol. The summed E-state index contributed by atoms with van der Waals surface area (Å²) >= 11 is 0. The molecule has 19 heavy (non-hydrogen) atoms. The van der Waals surface area contributed by atoms with Gasteiger partial charge in [0.25, 0.3) is 0 Å². The fourth-order valence-electron chi connectivity index (χ4n) is 2.09. The van der Waals surface area contributed by atoms with Crippen molar-refractivity contribution in [2.75, 3.05) is 18.1 Å². The highest BCUT2D eigenvalue weighted by Gasteiger charge is 2.26. The summed E-state index contributed by atoms with van der Waals surface area (Å²) in [7, 11) is -3.47. The lowest BCUT2D eigenvalue weighted by Crippen LogP contribution is -3.10. The number of hydrogen-bond acceptors (Lipinski definition) is 5. The van der Waals surface area contributed by atoms with E-state index in [0.29, 0.717) is 11.1 Å². The van der Waals surface area contributed by atoms with Crippen LogP contribution in [0, 0.1) is 5.21 Å². The van der Waals surface area contributed by atoms with Gasteiger partial charge in [0.05, 0.1) is 22.9 Å². The fourth-order valence-corrected chi connectivity index (χ4v) is 3.24. The summed E-state index contributed by atoms with van der Waals surface area (Å²) < 4.78 is 23.4. The van der Waals surface area contributed by atoms with E-state index in [1.165, 1.54) is 0 Å². The van der Waals surface area contributed by atoms with Crippen molar-refractivity contribution in [1.82, 2.24) is 0 Å². The minimum absolute atomic E-state index is 0.264. The smallest absolute Gasteiger partial charge is 0.199 e. The summed E-state index contributed by atoms with van der Waals surface area (Å²) in [5.41, 5.74) is 0.537. The molecule has 2 unspecified atom stereocenters. The summed E-state index contributed by atoms with van der Waals surface area (Å²) in [4.78, 5) is 4.21. The highest BCUT2D eigenvalue weighted by atomic mass is 32.2. The molecule has 1 aromatic rings. The van der Waals surface area contributed by atoms with Gasteiger partial charge in [0.15, 0.2) is 16.0 Å². The van der Waals surface area contributed by atoms with Gasteiger partial charge in [-0.05, 0) is 12.1 Å². The molecule has 2 N–H and O–H groups in total. The van der Waals surface area contributed by atoms with Gasteiger partial charge < -0.3 is 15.4 Å². The van der Waals surface area contributed by atoms with Crippen LogP contribution in [0.2, 0.25) is 0 Å². The molecule has 104 valence electrons. The Bertz CT molecular complexity index is 684. The SMILES string of the molecule is CC1=c2ccccc2=NC(CS(=O)(=O)CCO)[NH+]1[O-]. The number of nitrogens with zero attached hydrogens (tertiary/aromatic N) is 1. The predicted octanol–water partition coefficient (Wildman–Crippen LogP) is -2.44. The van der Waals surface area contributed by atoms with Crippen LogP contribution in [0.25, 0.3) is 5.70 Å². The molecule has 0 saturated carbocycles. The molecule has 0 radical (unpaired) electrons. The molecule has 6 nitrogen and oxygen atoms in total. The first-order valence-electron chi connectivity index (χ1n) is 5.94. The number of quaternary nitrogens is 1. The van der Waals surface area contributed by atoms with E-state index < -0.39 is 22.6 Å². The largest absolute Gasteiger partial charge is 0.627 e. The van der Waals surface area contributed by atoms with Crippen LogP contribution in [0.3, 0.4) is 0 Å². The first-order valence-corrected chi connectivity index (χ1v) is 7.76. The van der Waals surface area contributed by atoms with Crippen molar-refractivity contribution < 1.29 is 18.6 Å². The zero-order valence-electron chi connectivity index (χ0n) is 10.5. The van der Waals surface area contributed by atoms with Gasteiger partial charge in [-0.25, -0.2) is 13.4 Å². The first kappa shape index (κ1) is 14.1. The Morgan fingerprint density at radius 1 is 1.42 bits per heavy atom. The van der Waals surface area contributed by atoms with Crippen molar-refractivity contribution in [3.63, 3.8) is 0 Å². The van der Waals surface area contributed by atoms with Crippen molar-refractivity contribution in [2.45, 2.75) is 13.1 Å². The Hall–Kier alpha value is -1.28. The summed E-state index contributed by atoms with van der Waals surface area (Å²) in [6.07, 6.45) is -0.897. The highest BCUT2D eigenvalue weighted by molar-refractivity contribution is 7.91. The minimum Gasteiger partial charge on any atom is -0.627 e. The summed E-state index contributed by atoms with van der Waals surface area (Å²) in [5, 5.41) is 22.0. The second kappa shape index (κ2) is 5.38. The van der Waals surface area contributed by atoms with Crippen molar-refractivity contribution in [2.24, 2.45) is 4.99 Å². The maximum Gasteiger partial charge on any atom is 0.199 e. The third kappa shape index (κ3) is 3.01. The molecular formula is C12H16N2O4S. The molecule has 0 aromatic heterocycles. The molecular weight excluding hydrogens is 268 g/mol. The molecule has 1 aliphatic heterocycles. The molecule has 2 atom stereocenters. The zero-order valence-corrected chi connectivity index (χ0v) is 11.4. The standard InChI is InChI=1S/C12H16N2O4S/c1-9-10-4-2-3-5-11(10)13-12(14(9)16)8-19(17,18)7-6-15/h2-5,12,14-15H,6-8H2,1H3. The van der Waals surface area contributed by atoms with Gasteiger partial charge >= 0.3 is 0 Å². The van der Waals surface area contributed by atoms with Crippen LogP contribution in [0.15, 0.2) is 29.3 Å². The van der Waals surface area contributed by atoms with Crippen molar-refractivity contribution >= 4 is 15.5 Å². The first-order chi connectivity index (χ1) is 8.94. The fraction of sp³-hybridized carbons (Fsp3) is 0.417. The lowest BCUT2D eigenvalue weighted by molar-refractivity contribution is -0.799. The number of sulfone groups is 1. The molecule has 0 spiro atoms. The normalized spacial score (nSPS) is 22.8. The number of hydroxylamine groups is 2. The Balaban J connectivity index is 2.40. The number of hydrogen-bond donors (Lipinski definition) is 2. The molecule has 0 bridgehead atoms. The van der Waals surface area contributed by atoms with E-state index >= 15 is 0 Å². The van der Waals surface area contributed by atoms with Crippen LogP contribution in [-0.2, 0) is 9.84 Å². The number of para-hydroxylation sites is 1. The molecule has 0 saturated heterocycles. The van der Waals surface area contributed by atoms with Gasteiger partial charge in [0.1, 0.15) is 11.4 Å².